The normalized spacial score (nSPS) is 12.6. The molecule has 0 fully saturated rings. The molecule has 0 spiro atoms. The number of nitrogens with zero attached hydrogens (tertiary/aromatic N) is 2. The van der Waals surface area contributed by atoms with E-state index in [1.54, 1.807) is 13.1 Å². The molecule has 8 nitrogen and oxygen atoms in total. The van der Waals surface area contributed by atoms with Gasteiger partial charge in [0.05, 0.1) is 11.7 Å². The number of nitrogens with two attached hydrogens (primary N) is 1. The van der Waals surface area contributed by atoms with Gasteiger partial charge in [-0.3, -0.25) is 4.79 Å². The molecule has 166 valence electrons. The number of carbonyl (C=O) groups is 2. The largest absolute Gasteiger partial charge is 0.465 e. The quantitative estimate of drug-likeness (QED) is 0.403. The summed E-state index contributed by atoms with van der Waals surface area (Å²) in [6.07, 6.45) is 1.50. The number of carbonyl (C=O) groups excluding carboxylic acids is 1. The average molecular weight is 434 g/mol. The molecule has 3 rings (SSSR count). The van der Waals surface area contributed by atoms with E-state index in [9.17, 15) is 9.59 Å². The minimum absolute atomic E-state index is 0.163. The first kappa shape index (κ1) is 22.7. The average Bonchev–Trinajstić information content (AvgIpc) is 2.75. The third-order valence-electron chi connectivity index (χ3n) is 5.18. The first-order chi connectivity index (χ1) is 15.3. The van der Waals surface area contributed by atoms with Crippen LogP contribution in [0.2, 0.25) is 0 Å². The summed E-state index contributed by atoms with van der Waals surface area (Å²) in [7, 11) is 0. The first-order valence-electron chi connectivity index (χ1n) is 10.3. The maximum atomic E-state index is 11.7. The van der Waals surface area contributed by atoms with Crippen LogP contribution in [-0.4, -0.2) is 27.1 Å². The predicted molar refractivity (Wildman–Crippen MR) is 123 cm³/mol. The lowest BCUT2D eigenvalue weighted by Crippen LogP contribution is -2.24. The number of rotatable bonds is 9. The van der Waals surface area contributed by atoms with Crippen LogP contribution in [0.4, 0.5) is 16.4 Å². The van der Waals surface area contributed by atoms with E-state index in [1.165, 1.54) is 0 Å². The van der Waals surface area contributed by atoms with Gasteiger partial charge in [0.25, 0.3) is 0 Å². The number of hydrogen-bond donors (Lipinski definition) is 4. The molecule has 0 saturated carbocycles. The molecule has 1 heterocycles. The summed E-state index contributed by atoms with van der Waals surface area (Å²) in [5.74, 6) is -0.125. The van der Waals surface area contributed by atoms with Crippen molar-refractivity contribution in [2.45, 2.75) is 38.6 Å². The Hall–Kier alpha value is -3.94. The molecule has 2 aromatic carbocycles. The molecule has 2 amide bonds. The number of hydrogen-bond acceptors (Lipinski definition) is 5. The first-order valence-corrected chi connectivity index (χ1v) is 10.3. The zero-order chi connectivity index (χ0) is 23.1. The smallest absolute Gasteiger partial charge is 0.405 e. The van der Waals surface area contributed by atoms with Gasteiger partial charge in [-0.15, -0.1) is 0 Å². The van der Waals surface area contributed by atoms with Gasteiger partial charge in [-0.1, -0.05) is 42.5 Å². The number of nitrogens with one attached hydrogen (secondary N) is 2. The minimum atomic E-state index is -1.07. The van der Waals surface area contributed by atoms with Crippen molar-refractivity contribution in [2.75, 3.05) is 5.32 Å². The van der Waals surface area contributed by atoms with E-state index < -0.39 is 6.09 Å². The van der Waals surface area contributed by atoms with Gasteiger partial charge in [0.2, 0.25) is 11.9 Å². The van der Waals surface area contributed by atoms with E-state index in [4.69, 9.17) is 15.8 Å². The summed E-state index contributed by atoms with van der Waals surface area (Å²) in [6, 6.07) is 16.9. The lowest BCUT2D eigenvalue weighted by Gasteiger charge is -2.18. The maximum absolute atomic E-state index is 11.7. The fraction of sp³-hybridized carbons (Fsp3) is 0.250. The summed E-state index contributed by atoms with van der Waals surface area (Å²) < 4.78 is 0. The van der Waals surface area contributed by atoms with Crippen molar-refractivity contribution in [1.82, 2.24) is 15.3 Å². The Bertz CT molecular complexity index is 1070. The van der Waals surface area contributed by atoms with Crippen LogP contribution in [0.1, 0.15) is 47.7 Å². The van der Waals surface area contributed by atoms with Gasteiger partial charge in [-0.2, -0.15) is 0 Å². The molecule has 0 saturated heterocycles. The number of aromatic nitrogens is 2. The Morgan fingerprint density at radius 1 is 1.09 bits per heavy atom. The van der Waals surface area contributed by atoms with Crippen molar-refractivity contribution < 1.29 is 14.7 Å². The highest BCUT2D eigenvalue weighted by Gasteiger charge is 2.20. The minimum Gasteiger partial charge on any atom is -0.465 e. The molecule has 5 N–H and O–H groups in total. The zero-order valence-electron chi connectivity index (χ0n) is 18.1. The Morgan fingerprint density at radius 2 is 1.78 bits per heavy atom. The van der Waals surface area contributed by atoms with Gasteiger partial charge in [0.15, 0.2) is 0 Å². The van der Waals surface area contributed by atoms with Crippen LogP contribution in [0.15, 0.2) is 60.8 Å². The van der Waals surface area contributed by atoms with Crippen LogP contribution >= 0.6 is 0 Å². The third-order valence-corrected chi connectivity index (χ3v) is 5.18. The number of primary amides is 1. The van der Waals surface area contributed by atoms with E-state index >= 15 is 0 Å². The van der Waals surface area contributed by atoms with Crippen molar-refractivity contribution in [1.29, 1.82) is 0 Å². The van der Waals surface area contributed by atoms with Crippen molar-refractivity contribution in [2.24, 2.45) is 5.73 Å². The van der Waals surface area contributed by atoms with Crippen molar-refractivity contribution in [3.05, 3.63) is 83.2 Å². The number of carboxylic acid groups (broad SMARTS) is 1. The second-order valence-electron chi connectivity index (χ2n) is 7.74. The molecule has 0 aliphatic rings. The van der Waals surface area contributed by atoms with Gasteiger partial charge >= 0.3 is 6.09 Å². The molecule has 0 aliphatic heterocycles. The molecule has 0 radical (unpaired) electrons. The van der Waals surface area contributed by atoms with Gasteiger partial charge < -0.3 is 21.5 Å². The topological polar surface area (TPSA) is 130 Å². The molecular formula is C24H27N5O3. The Balaban J connectivity index is 1.80. The zero-order valence-corrected chi connectivity index (χ0v) is 18.1. The third kappa shape index (κ3) is 6.28. The fourth-order valence-corrected chi connectivity index (χ4v) is 3.59. The summed E-state index contributed by atoms with van der Waals surface area (Å²) in [5.41, 5.74) is 9.90. The number of benzene rings is 2. The highest BCUT2D eigenvalue weighted by Crippen LogP contribution is 2.27. The Morgan fingerprint density at radius 3 is 2.41 bits per heavy atom. The summed E-state index contributed by atoms with van der Waals surface area (Å²) in [5, 5.41) is 14.5. The van der Waals surface area contributed by atoms with E-state index in [1.807, 2.05) is 61.5 Å². The maximum Gasteiger partial charge on any atom is 0.405 e. The standard InChI is InChI=1S/C24H27N5O3/c1-15-14-26-23(28-20-10-8-18(9-11-20)16(2)27-24(31)32)29-22(15)19(13-21(25)30)12-17-6-4-3-5-7-17/h3-11,14,16,19,27H,12-13H2,1-2H3,(H2,25,30)(H,31,32)(H,26,28,29). The Labute approximate surface area is 186 Å². The van der Waals surface area contributed by atoms with E-state index in [0.29, 0.717) is 12.4 Å². The van der Waals surface area contributed by atoms with Crippen LogP contribution in [0.5, 0.6) is 0 Å². The van der Waals surface area contributed by atoms with E-state index in [2.05, 4.69) is 15.6 Å². The molecule has 32 heavy (non-hydrogen) atoms. The Kier molecular flexibility index (Phi) is 7.38. The lowest BCUT2D eigenvalue weighted by atomic mass is 9.90. The number of anilines is 2. The molecule has 0 bridgehead atoms. The van der Waals surface area contributed by atoms with Crippen LogP contribution in [0.3, 0.4) is 0 Å². The summed E-state index contributed by atoms with van der Waals surface area (Å²) in [6.45, 7) is 3.70. The van der Waals surface area contributed by atoms with Crippen molar-refractivity contribution >= 4 is 23.6 Å². The molecule has 3 aromatic rings. The summed E-state index contributed by atoms with van der Waals surface area (Å²) in [4.78, 5) is 31.6. The monoisotopic (exact) mass is 433 g/mol. The molecule has 8 heteroatoms. The molecule has 2 unspecified atom stereocenters. The number of aryl methyl sites for hydroxylation is 1. The fourth-order valence-electron chi connectivity index (χ4n) is 3.59. The lowest BCUT2D eigenvalue weighted by molar-refractivity contribution is -0.118. The van der Waals surface area contributed by atoms with Crippen LogP contribution in [-0.2, 0) is 11.2 Å². The summed E-state index contributed by atoms with van der Waals surface area (Å²) >= 11 is 0. The van der Waals surface area contributed by atoms with Crippen LogP contribution in [0.25, 0.3) is 0 Å². The highest BCUT2D eigenvalue weighted by atomic mass is 16.4. The van der Waals surface area contributed by atoms with Crippen LogP contribution < -0.4 is 16.4 Å². The predicted octanol–water partition coefficient (Wildman–Crippen LogP) is 4.06. The second-order valence-corrected chi connectivity index (χ2v) is 7.74. The molecular weight excluding hydrogens is 406 g/mol. The van der Waals surface area contributed by atoms with Crippen molar-refractivity contribution in [3.63, 3.8) is 0 Å². The highest BCUT2D eigenvalue weighted by molar-refractivity contribution is 5.75. The molecule has 2 atom stereocenters. The SMILES string of the molecule is Cc1cnc(Nc2ccc(C(C)NC(=O)O)cc2)nc1C(CC(N)=O)Cc1ccccc1. The van der Waals surface area contributed by atoms with E-state index in [-0.39, 0.29) is 24.3 Å². The van der Waals surface area contributed by atoms with Crippen LogP contribution in [0, 0.1) is 6.92 Å². The van der Waals surface area contributed by atoms with Gasteiger partial charge in [0.1, 0.15) is 0 Å². The number of amides is 2. The van der Waals surface area contributed by atoms with E-state index in [0.717, 1.165) is 28.1 Å². The van der Waals surface area contributed by atoms with Gasteiger partial charge in [0, 0.05) is 24.2 Å². The second kappa shape index (κ2) is 10.4. The van der Waals surface area contributed by atoms with Crippen molar-refractivity contribution in [3.8, 4) is 0 Å². The molecule has 1 aromatic heterocycles. The molecule has 0 aliphatic carbocycles. The van der Waals surface area contributed by atoms with Gasteiger partial charge in [-0.05, 0) is 49.1 Å². The van der Waals surface area contributed by atoms with Gasteiger partial charge in [-0.25, -0.2) is 14.8 Å².